The molecule has 0 unspecified atom stereocenters. The molecule has 4 heteroatoms. The zero-order valence-electron chi connectivity index (χ0n) is 6.00. The van der Waals surface area contributed by atoms with Crippen LogP contribution in [0.15, 0.2) is 12.2 Å². The molecule has 0 aliphatic carbocycles. The van der Waals surface area contributed by atoms with E-state index in [2.05, 4.69) is 15.9 Å². The lowest BCUT2D eigenvalue weighted by atomic mass is 10.5. The summed E-state index contributed by atoms with van der Waals surface area (Å²) in [5.41, 5.74) is 0. The Kier molecular flexibility index (Phi) is 9.64. The summed E-state index contributed by atoms with van der Waals surface area (Å²) in [5.74, 6) is 0. The van der Waals surface area contributed by atoms with Crippen LogP contribution in [0.3, 0.4) is 0 Å². The Labute approximate surface area is 80.2 Å². The second-order valence-corrected chi connectivity index (χ2v) is 2.75. The van der Waals surface area contributed by atoms with Gasteiger partial charge >= 0.3 is 0 Å². The Morgan fingerprint density at radius 3 is 2.40 bits per heavy atom. The van der Waals surface area contributed by atoms with Crippen molar-refractivity contribution < 1.29 is 4.79 Å². The molecule has 0 amide bonds. The number of hydrogen-bond donors (Lipinski definition) is 0. The number of likely N-dealkylation sites (N-methyl/N-ethyl adjacent to an activating group) is 1. The topological polar surface area (TPSA) is 20.3 Å². The van der Waals surface area contributed by atoms with Crippen LogP contribution in [0.2, 0.25) is 0 Å². The lowest BCUT2D eigenvalue weighted by molar-refractivity contribution is -0.106. The SMILES string of the molecule is Br.CN(C)C/C=C/C(=O)Br. The van der Waals surface area contributed by atoms with E-state index < -0.39 is 0 Å². The van der Waals surface area contributed by atoms with E-state index in [-0.39, 0.29) is 21.7 Å². The first kappa shape index (κ1) is 13.0. The average molecular weight is 273 g/mol. The van der Waals surface area contributed by atoms with Gasteiger partial charge in [0, 0.05) is 6.54 Å². The molecule has 0 radical (unpaired) electrons. The standard InChI is InChI=1S/C6H10BrNO.BrH/c1-8(2)5-3-4-6(7)9;/h3-4H,5H2,1-2H3;1H/b4-3+;. The fraction of sp³-hybridized carbons (Fsp3) is 0.500. The maximum Gasteiger partial charge on any atom is 0.220 e. The predicted molar refractivity (Wildman–Crippen MR) is 52.0 cm³/mol. The molecule has 0 aliphatic rings. The van der Waals surface area contributed by atoms with E-state index in [0.717, 1.165) is 6.54 Å². The summed E-state index contributed by atoms with van der Waals surface area (Å²) in [7, 11) is 3.89. The normalized spacial score (nSPS) is 10.0. The van der Waals surface area contributed by atoms with Gasteiger partial charge < -0.3 is 4.90 Å². The third-order valence-electron chi connectivity index (χ3n) is 0.719. The second-order valence-electron chi connectivity index (χ2n) is 1.97. The molecule has 0 spiro atoms. The maximum atomic E-state index is 10.2. The van der Waals surface area contributed by atoms with Gasteiger partial charge in [-0.15, -0.1) is 17.0 Å². The molecule has 60 valence electrons. The molecule has 0 aromatic carbocycles. The first-order valence-corrected chi connectivity index (χ1v) is 3.43. The number of carbonyl (C=O) groups is 1. The Morgan fingerprint density at radius 2 is 2.10 bits per heavy atom. The number of allylic oxidation sites excluding steroid dienone is 1. The van der Waals surface area contributed by atoms with Crippen LogP contribution >= 0.6 is 32.9 Å². The van der Waals surface area contributed by atoms with Crippen molar-refractivity contribution in [3.05, 3.63) is 12.2 Å². The van der Waals surface area contributed by atoms with Crippen molar-refractivity contribution in [1.29, 1.82) is 0 Å². The van der Waals surface area contributed by atoms with Crippen LogP contribution in [-0.2, 0) is 4.79 Å². The van der Waals surface area contributed by atoms with Crippen molar-refractivity contribution in [2.24, 2.45) is 0 Å². The van der Waals surface area contributed by atoms with E-state index in [1.165, 1.54) is 6.08 Å². The molecule has 0 fully saturated rings. The first-order chi connectivity index (χ1) is 4.13. The molecule has 0 aliphatic heterocycles. The van der Waals surface area contributed by atoms with Crippen LogP contribution in [0, 0.1) is 0 Å². The van der Waals surface area contributed by atoms with Crippen molar-refractivity contribution >= 4 is 37.6 Å². The van der Waals surface area contributed by atoms with Crippen LogP contribution in [0.5, 0.6) is 0 Å². The quantitative estimate of drug-likeness (QED) is 0.575. The van der Waals surface area contributed by atoms with Gasteiger partial charge in [0.2, 0.25) is 4.69 Å². The highest BCUT2D eigenvalue weighted by molar-refractivity contribution is 9.18. The fourth-order valence-corrected chi connectivity index (χ4v) is 0.543. The second kappa shape index (κ2) is 7.44. The van der Waals surface area contributed by atoms with Gasteiger partial charge in [-0.05, 0) is 36.1 Å². The largest absolute Gasteiger partial charge is 0.306 e. The molecule has 10 heavy (non-hydrogen) atoms. The molecule has 0 atom stereocenters. The minimum Gasteiger partial charge on any atom is -0.306 e. The first-order valence-electron chi connectivity index (χ1n) is 2.63. The summed E-state index contributed by atoms with van der Waals surface area (Å²) in [4.78, 5) is 12.2. The fourth-order valence-electron chi connectivity index (χ4n) is 0.356. The highest BCUT2D eigenvalue weighted by Gasteiger charge is 1.84. The molecule has 0 saturated carbocycles. The number of nitrogens with zero attached hydrogens (tertiary/aromatic N) is 1. The zero-order valence-corrected chi connectivity index (χ0v) is 9.30. The van der Waals surface area contributed by atoms with Gasteiger partial charge in [-0.1, -0.05) is 6.08 Å². The smallest absolute Gasteiger partial charge is 0.220 e. The molecular formula is C6H11Br2NO. The monoisotopic (exact) mass is 271 g/mol. The zero-order chi connectivity index (χ0) is 7.28. The highest BCUT2D eigenvalue weighted by atomic mass is 79.9. The van der Waals surface area contributed by atoms with Crippen LogP contribution in [0.4, 0.5) is 0 Å². The van der Waals surface area contributed by atoms with E-state index >= 15 is 0 Å². The van der Waals surface area contributed by atoms with E-state index in [4.69, 9.17) is 0 Å². The van der Waals surface area contributed by atoms with Gasteiger partial charge in [0.25, 0.3) is 0 Å². The summed E-state index contributed by atoms with van der Waals surface area (Å²) in [6.45, 7) is 0.803. The molecule has 0 N–H and O–H groups in total. The summed E-state index contributed by atoms with van der Waals surface area (Å²) in [6.07, 6.45) is 3.30. The molecule has 0 aromatic rings. The third-order valence-corrected chi connectivity index (χ3v) is 0.984. The van der Waals surface area contributed by atoms with Crippen molar-refractivity contribution in [3.63, 3.8) is 0 Å². The number of hydrogen-bond acceptors (Lipinski definition) is 2. The van der Waals surface area contributed by atoms with Crippen LogP contribution in [0.1, 0.15) is 0 Å². The van der Waals surface area contributed by atoms with Crippen molar-refractivity contribution in [2.75, 3.05) is 20.6 Å². The molecule has 0 heterocycles. The number of carbonyl (C=O) groups excluding carboxylic acids is 1. The predicted octanol–water partition coefficient (Wildman–Crippen LogP) is 1.60. The lowest BCUT2D eigenvalue weighted by Crippen LogP contribution is -2.10. The molecule has 0 bridgehead atoms. The van der Waals surface area contributed by atoms with Crippen LogP contribution in [0.25, 0.3) is 0 Å². The lowest BCUT2D eigenvalue weighted by Gasteiger charge is -2.02. The molecule has 0 aromatic heterocycles. The minimum absolute atomic E-state index is 0. The van der Waals surface area contributed by atoms with Crippen LogP contribution in [-0.4, -0.2) is 30.2 Å². The molecule has 0 saturated heterocycles. The highest BCUT2D eigenvalue weighted by Crippen LogP contribution is 1.86. The minimum atomic E-state index is -0.0793. The van der Waals surface area contributed by atoms with Gasteiger partial charge in [0.15, 0.2) is 0 Å². The number of halogens is 2. The van der Waals surface area contributed by atoms with E-state index in [0.29, 0.717) is 0 Å². The van der Waals surface area contributed by atoms with Gasteiger partial charge in [0.05, 0.1) is 0 Å². The third kappa shape index (κ3) is 11.2. The van der Waals surface area contributed by atoms with E-state index in [1.54, 1.807) is 6.08 Å². The average Bonchev–Trinajstić information content (AvgIpc) is 1.63. The van der Waals surface area contributed by atoms with E-state index in [1.807, 2.05) is 19.0 Å². The molecule has 0 rings (SSSR count). The van der Waals surface area contributed by atoms with Gasteiger partial charge in [-0.2, -0.15) is 0 Å². The Balaban J connectivity index is 0. The van der Waals surface area contributed by atoms with Crippen molar-refractivity contribution in [1.82, 2.24) is 4.90 Å². The van der Waals surface area contributed by atoms with Gasteiger partial charge in [-0.25, -0.2) is 0 Å². The summed E-state index contributed by atoms with van der Waals surface area (Å²) in [5, 5.41) is 0. The molecule has 2 nitrogen and oxygen atoms in total. The summed E-state index contributed by atoms with van der Waals surface area (Å²) >= 11 is 2.78. The Bertz CT molecular complexity index is 123. The van der Waals surface area contributed by atoms with Crippen LogP contribution < -0.4 is 0 Å². The Hall–Kier alpha value is 0.330. The number of rotatable bonds is 3. The van der Waals surface area contributed by atoms with Gasteiger partial charge in [0.1, 0.15) is 0 Å². The van der Waals surface area contributed by atoms with Crippen molar-refractivity contribution in [2.45, 2.75) is 0 Å². The van der Waals surface area contributed by atoms with Gasteiger partial charge in [-0.3, -0.25) is 4.79 Å². The van der Waals surface area contributed by atoms with Crippen molar-refractivity contribution in [3.8, 4) is 0 Å². The summed E-state index contributed by atoms with van der Waals surface area (Å²) in [6, 6.07) is 0. The summed E-state index contributed by atoms with van der Waals surface area (Å²) < 4.78 is -0.0793. The maximum absolute atomic E-state index is 10.2. The Morgan fingerprint density at radius 1 is 1.60 bits per heavy atom. The van der Waals surface area contributed by atoms with E-state index in [9.17, 15) is 4.79 Å². The molecular weight excluding hydrogens is 262 g/mol.